The van der Waals surface area contributed by atoms with E-state index in [4.69, 9.17) is 16.9 Å². The van der Waals surface area contributed by atoms with Crippen LogP contribution in [0.2, 0.25) is 0 Å². The van der Waals surface area contributed by atoms with Crippen molar-refractivity contribution in [2.75, 3.05) is 0 Å². The molecule has 20 heavy (non-hydrogen) atoms. The molecular weight excluding hydrogens is 278 g/mol. The number of rotatable bonds is 2. The van der Waals surface area contributed by atoms with Gasteiger partial charge >= 0.3 is 0 Å². The van der Waals surface area contributed by atoms with Gasteiger partial charge in [0.1, 0.15) is 5.25 Å². The summed E-state index contributed by atoms with van der Waals surface area (Å²) in [7, 11) is 0. The Bertz CT molecular complexity index is 455. The first-order chi connectivity index (χ1) is 9.49. The van der Waals surface area contributed by atoms with E-state index in [9.17, 15) is 9.59 Å². The number of likely N-dealkylation sites (tertiary alicyclic amines) is 1. The van der Waals surface area contributed by atoms with Crippen LogP contribution < -0.4 is 11.5 Å². The summed E-state index contributed by atoms with van der Waals surface area (Å²) < 4.78 is 0. The summed E-state index contributed by atoms with van der Waals surface area (Å²) in [6, 6.07) is 0.0339. The molecule has 0 aromatic carbocycles. The Labute approximate surface area is 121 Å². The fraction of sp³-hybridized carbons (Fsp3) is 0.667. The zero-order valence-corrected chi connectivity index (χ0v) is 12.0. The highest BCUT2D eigenvalue weighted by Gasteiger charge is 2.43. The predicted octanol–water partition coefficient (Wildman–Crippen LogP) is 0.388. The number of nitrogens with one attached hydrogen (secondary N) is 1. The normalized spacial score (nSPS) is 24.0. The number of carbonyl (C=O) groups is 2. The van der Waals surface area contributed by atoms with Gasteiger partial charge in [0, 0.05) is 12.5 Å². The molecule has 0 aromatic heterocycles. The van der Waals surface area contributed by atoms with Crippen LogP contribution in [0.15, 0.2) is 4.99 Å². The second kappa shape index (κ2) is 6.25. The molecule has 0 bridgehead atoms. The molecule has 1 saturated heterocycles. The molecule has 1 saturated carbocycles. The minimum atomic E-state index is -0.569. The lowest BCUT2D eigenvalue weighted by Crippen LogP contribution is -2.41. The van der Waals surface area contributed by atoms with Crippen LogP contribution in [0.5, 0.6) is 0 Å². The molecule has 2 aliphatic rings. The maximum Gasteiger partial charge on any atom is 0.243 e. The summed E-state index contributed by atoms with van der Waals surface area (Å²) >= 11 is 0.939. The van der Waals surface area contributed by atoms with E-state index >= 15 is 0 Å². The van der Waals surface area contributed by atoms with Crippen molar-refractivity contribution in [2.24, 2.45) is 16.5 Å². The molecule has 8 heteroatoms. The monoisotopic (exact) mass is 297 g/mol. The Morgan fingerprint density at radius 1 is 1.25 bits per heavy atom. The second-order valence-electron chi connectivity index (χ2n) is 5.05. The molecule has 2 fully saturated rings. The zero-order chi connectivity index (χ0) is 14.7. The van der Waals surface area contributed by atoms with Crippen LogP contribution >= 0.6 is 11.8 Å². The van der Waals surface area contributed by atoms with Gasteiger partial charge in [-0.15, -0.1) is 0 Å². The first-order valence-corrected chi connectivity index (χ1v) is 7.57. The molecule has 1 heterocycles. The standard InChI is InChI=1S/C12H19N5O2S/c13-11(14)16-12(15)20-8-6-9(18)17(10(8)19)7-4-2-1-3-5-7/h7-8H,1-6H2,(H5,13,14,15,16). The summed E-state index contributed by atoms with van der Waals surface area (Å²) in [5.41, 5.74) is 10.4. The minimum Gasteiger partial charge on any atom is -0.370 e. The van der Waals surface area contributed by atoms with Crippen molar-refractivity contribution in [1.29, 1.82) is 5.41 Å². The number of nitrogens with zero attached hydrogens (tertiary/aromatic N) is 2. The lowest BCUT2D eigenvalue weighted by molar-refractivity contribution is -0.141. The molecule has 110 valence electrons. The van der Waals surface area contributed by atoms with Crippen molar-refractivity contribution in [2.45, 2.75) is 49.8 Å². The lowest BCUT2D eigenvalue weighted by Gasteiger charge is -2.29. The quantitative estimate of drug-likeness (QED) is 0.386. The van der Waals surface area contributed by atoms with Crippen molar-refractivity contribution < 1.29 is 9.59 Å². The van der Waals surface area contributed by atoms with Gasteiger partial charge in [0.25, 0.3) is 0 Å². The van der Waals surface area contributed by atoms with E-state index in [1.807, 2.05) is 0 Å². The zero-order valence-electron chi connectivity index (χ0n) is 11.2. The number of hydrogen-bond donors (Lipinski definition) is 3. The van der Waals surface area contributed by atoms with Crippen LogP contribution in [0.25, 0.3) is 0 Å². The van der Waals surface area contributed by atoms with Crippen LogP contribution in [-0.2, 0) is 9.59 Å². The Kier molecular flexibility index (Phi) is 4.64. The molecule has 0 spiro atoms. The summed E-state index contributed by atoms with van der Waals surface area (Å²) in [6.07, 6.45) is 5.19. The van der Waals surface area contributed by atoms with Crippen LogP contribution in [0.3, 0.4) is 0 Å². The van der Waals surface area contributed by atoms with Gasteiger partial charge in [-0.1, -0.05) is 31.0 Å². The molecule has 0 aromatic rings. The van der Waals surface area contributed by atoms with Gasteiger partial charge in [-0.3, -0.25) is 19.9 Å². The number of amidine groups is 1. The fourth-order valence-electron chi connectivity index (χ4n) is 2.72. The number of carbonyl (C=O) groups excluding carboxylic acids is 2. The fourth-order valence-corrected chi connectivity index (χ4v) is 3.58. The van der Waals surface area contributed by atoms with Gasteiger partial charge in [0.05, 0.1) is 0 Å². The average Bonchev–Trinajstić information content (AvgIpc) is 2.64. The smallest absolute Gasteiger partial charge is 0.243 e. The Hall–Kier alpha value is -1.57. The molecule has 5 N–H and O–H groups in total. The van der Waals surface area contributed by atoms with Gasteiger partial charge in [0.15, 0.2) is 11.1 Å². The van der Waals surface area contributed by atoms with Crippen LogP contribution in [-0.4, -0.2) is 39.1 Å². The topological polar surface area (TPSA) is 126 Å². The minimum absolute atomic E-state index is 0.0339. The first-order valence-electron chi connectivity index (χ1n) is 6.70. The number of hydrogen-bond acceptors (Lipinski definition) is 4. The molecule has 7 nitrogen and oxygen atoms in total. The highest BCUT2D eigenvalue weighted by Crippen LogP contribution is 2.32. The largest absolute Gasteiger partial charge is 0.370 e. The maximum absolute atomic E-state index is 12.3. The average molecular weight is 297 g/mol. The summed E-state index contributed by atoms with van der Waals surface area (Å²) in [5.74, 6) is -0.567. The van der Waals surface area contributed by atoms with Crippen LogP contribution in [0, 0.1) is 5.41 Å². The summed E-state index contributed by atoms with van der Waals surface area (Å²) in [5, 5.41) is 6.88. The van der Waals surface area contributed by atoms with E-state index in [1.165, 1.54) is 11.3 Å². The van der Waals surface area contributed by atoms with Gasteiger partial charge in [-0.05, 0) is 12.8 Å². The molecule has 2 amide bonds. The lowest BCUT2D eigenvalue weighted by atomic mass is 9.94. The van der Waals surface area contributed by atoms with E-state index in [0.29, 0.717) is 0 Å². The van der Waals surface area contributed by atoms with Gasteiger partial charge in [-0.2, -0.15) is 4.99 Å². The second-order valence-corrected chi connectivity index (χ2v) is 6.24. The number of amides is 2. The molecular formula is C12H19N5O2S. The SMILES string of the molecule is N=C(N=C(N)N)SC1CC(=O)N(C2CCCCC2)C1=O. The van der Waals surface area contributed by atoms with E-state index in [-0.39, 0.29) is 35.4 Å². The highest BCUT2D eigenvalue weighted by molar-refractivity contribution is 8.14. The van der Waals surface area contributed by atoms with Crippen LogP contribution in [0.4, 0.5) is 0 Å². The highest BCUT2D eigenvalue weighted by atomic mass is 32.2. The van der Waals surface area contributed by atoms with Gasteiger partial charge in [-0.25, -0.2) is 0 Å². The Morgan fingerprint density at radius 2 is 1.90 bits per heavy atom. The number of aliphatic imine (C=N–C) groups is 1. The number of thioether (sulfide) groups is 1. The molecule has 0 radical (unpaired) electrons. The molecule has 1 unspecified atom stereocenters. The third-order valence-corrected chi connectivity index (χ3v) is 4.53. The molecule has 1 aliphatic heterocycles. The van der Waals surface area contributed by atoms with Crippen LogP contribution in [0.1, 0.15) is 38.5 Å². The molecule has 1 atom stereocenters. The predicted molar refractivity (Wildman–Crippen MR) is 78.3 cm³/mol. The van der Waals surface area contributed by atoms with Crippen molar-refractivity contribution in [1.82, 2.24) is 4.90 Å². The van der Waals surface area contributed by atoms with Crippen molar-refractivity contribution in [3.05, 3.63) is 0 Å². The summed E-state index contributed by atoms with van der Waals surface area (Å²) in [6.45, 7) is 0. The van der Waals surface area contributed by atoms with Crippen molar-refractivity contribution >= 4 is 34.7 Å². The maximum atomic E-state index is 12.3. The summed E-state index contributed by atoms with van der Waals surface area (Å²) in [4.78, 5) is 29.3. The van der Waals surface area contributed by atoms with Gasteiger partial charge < -0.3 is 11.5 Å². The van der Waals surface area contributed by atoms with E-state index in [2.05, 4.69) is 4.99 Å². The number of imide groups is 1. The number of nitrogens with two attached hydrogens (primary N) is 2. The third-order valence-electron chi connectivity index (χ3n) is 3.57. The van der Waals surface area contributed by atoms with E-state index in [1.54, 1.807) is 0 Å². The number of guanidine groups is 1. The van der Waals surface area contributed by atoms with Crippen molar-refractivity contribution in [3.8, 4) is 0 Å². The van der Waals surface area contributed by atoms with Gasteiger partial charge in [0.2, 0.25) is 11.8 Å². The van der Waals surface area contributed by atoms with E-state index < -0.39 is 5.25 Å². The Morgan fingerprint density at radius 3 is 2.50 bits per heavy atom. The third kappa shape index (κ3) is 3.30. The first kappa shape index (κ1) is 14.8. The van der Waals surface area contributed by atoms with E-state index in [0.717, 1.165) is 37.4 Å². The molecule has 1 aliphatic carbocycles. The molecule has 2 rings (SSSR count). The Balaban J connectivity index is 2.01. The van der Waals surface area contributed by atoms with Crippen molar-refractivity contribution in [3.63, 3.8) is 0 Å².